The Balaban J connectivity index is 1.39. The number of rotatable bonds is 18. The second kappa shape index (κ2) is 16.0. The number of ether oxygens (including phenoxy) is 2. The summed E-state index contributed by atoms with van der Waals surface area (Å²) in [6.07, 6.45) is 1.68. The highest BCUT2D eigenvalue weighted by Crippen LogP contribution is 2.17. The molecule has 0 bridgehead atoms. The zero-order valence-corrected chi connectivity index (χ0v) is 21.2. The van der Waals surface area contributed by atoms with E-state index >= 15 is 0 Å². The first-order chi connectivity index (χ1) is 16.0. The van der Waals surface area contributed by atoms with Gasteiger partial charge in [-0.25, -0.2) is 0 Å². The van der Waals surface area contributed by atoms with Crippen LogP contribution in [0.5, 0.6) is 11.5 Å². The van der Waals surface area contributed by atoms with Crippen molar-refractivity contribution >= 4 is 19.9 Å². The summed E-state index contributed by atoms with van der Waals surface area (Å²) in [5.74, 6) is 2.24. The van der Waals surface area contributed by atoms with Gasteiger partial charge in [0.05, 0.1) is 19.8 Å². The van der Waals surface area contributed by atoms with Crippen LogP contribution in [-0.4, -0.2) is 60.2 Å². The van der Waals surface area contributed by atoms with Crippen LogP contribution in [-0.2, 0) is 13.3 Å². The monoisotopic (exact) mass is 496 g/mol. The van der Waals surface area contributed by atoms with Crippen LogP contribution in [0, 0.1) is 13.8 Å². The summed E-state index contributed by atoms with van der Waals surface area (Å²) >= 11 is 0. The summed E-state index contributed by atoms with van der Waals surface area (Å²) in [4.78, 5) is 0. The van der Waals surface area contributed by atoms with E-state index in [1.54, 1.807) is 0 Å². The molecule has 0 fully saturated rings. The van der Waals surface area contributed by atoms with Gasteiger partial charge < -0.3 is 20.1 Å². The minimum atomic E-state index is -3.57. The Morgan fingerprint density at radius 1 is 0.727 bits per heavy atom. The first kappa shape index (κ1) is 27.5. The first-order valence-corrected chi connectivity index (χ1v) is 14.2. The van der Waals surface area contributed by atoms with Crippen molar-refractivity contribution in [2.45, 2.75) is 26.7 Å². The predicted molar refractivity (Wildman–Crippen MR) is 136 cm³/mol. The fraction of sp³-hybridized carbons (Fsp3) is 0.500. The second-order valence-corrected chi connectivity index (χ2v) is 11.1. The van der Waals surface area contributed by atoms with Crippen molar-refractivity contribution in [1.82, 2.24) is 10.6 Å². The summed E-state index contributed by atoms with van der Waals surface area (Å²) in [6, 6.07) is 15.8. The van der Waals surface area contributed by atoms with Crippen molar-refractivity contribution in [3.63, 3.8) is 0 Å². The van der Waals surface area contributed by atoms with E-state index in [0.717, 1.165) is 59.4 Å². The molecule has 0 unspecified atom stereocenters. The zero-order valence-electron chi connectivity index (χ0n) is 19.5. The Kier molecular flexibility index (Phi) is 13.3. The summed E-state index contributed by atoms with van der Waals surface area (Å²) < 4.78 is 40.3. The summed E-state index contributed by atoms with van der Waals surface area (Å²) in [5, 5.41) is 6.39. The molecule has 2 aromatic carbocycles. The highest BCUT2D eigenvalue weighted by atomic mass is 33.1. The predicted octanol–water partition coefficient (Wildman–Crippen LogP) is 3.72. The maximum absolute atomic E-state index is 11.9. The maximum atomic E-state index is 11.9. The van der Waals surface area contributed by atoms with E-state index in [4.69, 9.17) is 13.7 Å². The van der Waals surface area contributed by atoms with E-state index < -0.39 is 9.15 Å². The SMILES string of the molecule is Cc1ccccc1OCCCNCCOS(=O)(=O)SCCNCCCOc1ccccc1C. The summed E-state index contributed by atoms with van der Waals surface area (Å²) in [5.41, 5.74) is 2.23. The van der Waals surface area contributed by atoms with Crippen LogP contribution in [0.2, 0.25) is 0 Å². The van der Waals surface area contributed by atoms with Gasteiger partial charge in [-0.15, -0.1) is 0 Å². The van der Waals surface area contributed by atoms with Crippen LogP contribution in [0.25, 0.3) is 0 Å². The average Bonchev–Trinajstić information content (AvgIpc) is 2.79. The molecule has 0 saturated heterocycles. The minimum Gasteiger partial charge on any atom is -0.493 e. The highest BCUT2D eigenvalue weighted by Gasteiger charge is 2.11. The van der Waals surface area contributed by atoms with Crippen molar-refractivity contribution in [3.8, 4) is 11.5 Å². The zero-order chi connectivity index (χ0) is 23.8. The molecular weight excluding hydrogens is 460 g/mol. The number of hydrogen-bond acceptors (Lipinski definition) is 8. The molecule has 0 radical (unpaired) electrons. The maximum Gasteiger partial charge on any atom is 0.322 e. The lowest BCUT2D eigenvalue weighted by Crippen LogP contribution is -2.24. The summed E-state index contributed by atoms with van der Waals surface area (Å²) in [7, 11) is -2.75. The number of benzene rings is 2. The van der Waals surface area contributed by atoms with Crippen molar-refractivity contribution < 1.29 is 22.1 Å². The van der Waals surface area contributed by atoms with Crippen molar-refractivity contribution in [3.05, 3.63) is 59.7 Å². The van der Waals surface area contributed by atoms with E-state index in [1.165, 1.54) is 0 Å². The summed E-state index contributed by atoms with van der Waals surface area (Å²) in [6.45, 7) is 7.96. The third-order valence-electron chi connectivity index (χ3n) is 4.71. The lowest BCUT2D eigenvalue weighted by Gasteiger charge is -2.10. The fourth-order valence-electron chi connectivity index (χ4n) is 2.91. The van der Waals surface area contributed by atoms with Crippen molar-refractivity contribution in [1.29, 1.82) is 0 Å². The number of nitrogens with one attached hydrogen (secondary N) is 2. The van der Waals surface area contributed by atoms with Gasteiger partial charge in [-0.3, -0.25) is 4.18 Å². The van der Waals surface area contributed by atoms with Gasteiger partial charge in [0.2, 0.25) is 0 Å². The largest absolute Gasteiger partial charge is 0.493 e. The molecule has 2 N–H and O–H groups in total. The van der Waals surface area contributed by atoms with Gasteiger partial charge in [-0.05, 0) is 73.8 Å². The average molecular weight is 497 g/mol. The van der Waals surface area contributed by atoms with Gasteiger partial charge in [0.1, 0.15) is 11.5 Å². The van der Waals surface area contributed by atoms with Crippen LogP contribution < -0.4 is 20.1 Å². The first-order valence-electron chi connectivity index (χ1n) is 11.3. The van der Waals surface area contributed by atoms with E-state index in [9.17, 15) is 8.42 Å². The van der Waals surface area contributed by atoms with E-state index in [1.807, 2.05) is 62.4 Å². The van der Waals surface area contributed by atoms with E-state index in [2.05, 4.69) is 10.6 Å². The Bertz CT molecular complexity index is 842. The topological polar surface area (TPSA) is 85.9 Å². The molecule has 0 aliphatic heterocycles. The highest BCUT2D eigenvalue weighted by molar-refractivity contribution is 8.70. The Labute approximate surface area is 202 Å². The lowest BCUT2D eigenvalue weighted by molar-refractivity contribution is 0.297. The van der Waals surface area contributed by atoms with Gasteiger partial charge in [0.15, 0.2) is 0 Å². The molecule has 0 saturated carbocycles. The third kappa shape index (κ3) is 12.3. The molecule has 9 heteroatoms. The molecular formula is C24H36N2O5S2. The van der Waals surface area contributed by atoms with Crippen molar-refractivity contribution in [2.24, 2.45) is 0 Å². The second-order valence-electron chi connectivity index (χ2n) is 7.49. The molecule has 0 aliphatic carbocycles. The third-order valence-corrected chi connectivity index (χ3v) is 7.48. The van der Waals surface area contributed by atoms with Crippen LogP contribution in [0.15, 0.2) is 48.5 Å². The van der Waals surface area contributed by atoms with E-state index in [0.29, 0.717) is 32.1 Å². The normalized spacial score (nSPS) is 11.5. The van der Waals surface area contributed by atoms with Gasteiger partial charge in [0.25, 0.3) is 0 Å². The quantitative estimate of drug-likeness (QED) is 0.239. The molecule has 0 heterocycles. The van der Waals surface area contributed by atoms with Gasteiger partial charge in [0, 0.05) is 18.8 Å². The molecule has 0 aliphatic rings. The molecule has 184 valence electrons. The van der Waals surface area contributed by atoms with Crippen LogP contribution >= 0.6 is 10.8 Å². The molecule has 33 heavy (non-hydrogen) atoms. The number of aryl methyl sites for hydroxylation is 2. The Morgan fingerprint density at radius 2 is 1.24 bits per heavy atom. The van der Waals surface area contributed by atoms with Gasteiger partial charge in [-0.2, -0.15) is 8.42 Å². The Hall–Kier alpha value is -1.78. The molecule has 2 rings (SSSR count). The molecule has 0 spiro atoms. The lowest BCUT2D eigenvalue weighted by atomic mass is 10.2. The van der Waals surface area contributed by atoms with Crippen LogP contribution in [0.1, 0.15) is 24.0 Å². The van der Waals surface area contributed by atoms with Crippen LogP contribution in [0.4, 0.5) is 0 Å². The molecule has 7 nitrogen and oxygen atoms in total. The Morgan fingerprint density at radius 3 is 1.79 bits per heavy atom. The molecule has 2 aromatic rings. The standard InChI is InChI=1S/C24H36N2O5S2/c1-21-9-3-5-11-23(21)29-17-7-13-25-15-19-31-33(27,28)32-20-16-26-14-8-18-30-24-12-6-4-10-22(24)2/h3-6,9-12,25-26H,7-8,13-20H2,1-2H3. The number of hydrogen-bond donors (Lipinski definition) is 2. The molecule has 0 aromatic heterocycles. The number of para-hydroxylation sites is 2. The van der Waals surface area contributed by atoms with Crippen LogP contribution in [0.3, 0.4) is 0 Å². The smallest absolute Gasteiger partial charge is 0.322 e. The van der Waals surface area contributed by atoms with Gasteiger partial charge >= 0.3 is 9.15 Å². The molecule has 0 amide bonds. The minimum absolute atomic E-state index is 0.123. The van der Waals surface area contributed by atoms with Crippen molar-refractivity contribution in [2.75, 3.05) is 51.8 Å². The molecule has 0 atom stereocenters. The fourth-order valence-corrected chi connectivity index (χ4v) is 4.97. The van der Waals surface area contributed by atoms with Gasteiger partial charge in [-0.1, -0.05) is 36.4 Å². The van der Waals surface area contributed by atoms with E-state index in [-0.39, 0.29) is 6.61 Å².